The maximum atomic E-state index is 5.53. The number of aromatic nitrogens is 1. The summed E-state index contributed by atoms with van der Waals surface area (Å²) in [6.45, 7) is 8.88. The van der Waals surface area contributed by atoms with Gasteiger partial charge in [0.1, 0.15) is 5.75 Å². The van der Waals surface area contributed by atoms with Crippen LogP contribution in [-0.4, -0.2) is 62.8 Å². The molecule has 0 radical (unpaired) electrons. The second-order valence-electron chi connectivity index (χ2n) is 7.03. The Morgan fingerprint density at radius 2 is 2.10 bits per heavy atom. The number of rotatable bonds is 7. The van der Waals surface area contributed by atoms with Crippen LogP contribution >= 0.6 is 35.3 Å². The van der Waals surface area contributed by atoms with E-state index in [-0.39, 0.29) is 24.0 Å². The van der Waals surface area contributed by atoms with Crippen molar-refractivity contribution < 1.29 is 9.47 Å². The van der Waals surface area contributed by atoms with Gasteiger partial charge in [0, 0.05) is 48.9 Å². The molecule has 7 nitrogen and oxygen atoms in total. The lowest BCUT2D eigenvalue weighted by Crippen LogP contribution is -2.46. The summed E-state index contributed by atoms with van der Waals surface area (Å²) in [6, 6.07) is 4.62. The summed E-state index contributed by atoms with van der Waals surface area (Å²) in [6.07, 6.45) is 1.85. The molecule has 0 aromatic carbocycles. The Hall–Kier alpha value is -1.43. The van der Waals surface area contributed by atoms with Crippen LogP contribution in [0.2, 0.25) is 0 Å². The number of halogens is 1. The van der Waals surface area contributed by atoms with Gasteiger partial charge in [-0.1, -0.05) is 6.07 Å². The summed E-state index contributed by atoms with van der Waals surface area (Å²) in [5, 5.41) is 9.00. The van der Waals surface area contributed by atoms with Crippen molar-refractivity contribution in [2.45, 2.75) is 26.4 Å². The topological polar surface area (TPSA) is 71.0 Å². The molecule has 3 heterocycles. The highest BCUT2D eigenvalue weighted by Gasteiger charge is 2.23. The number of guanidine groups is 1. The second kappa shape index (κ2) is 12.4. The zero-order valence-electron chi connectivity index (χ0n) is 18.1. The predicted octanol–water partition coefficient (Wildman–Crippen LogP) is 3.13. The van der Waals surface area contributed by atoms with Gasteiger partial charge < -0.3 is 20.1 Å². The standard InChI is InChI=1S/C21H31N5O2S.HI/c1-15-12-23-17(16(2)20(15)27-4)13-24-21(22-3)25-14-18(19-6-5-11-29-19)26-7-9-28-10-8-26;/h5-6,11-12,18H,7-10,13-14H2,1-4H3,(H2,22,24,25);1H. The Balaban J connectivity index is 0.00000320. The average molecular weight is 545 g/mol. The third kappa shape index (κ3) is 6.29. The minimum Gasteiger partial charge on any atom is -0.496 e. The van der Waals surface area contributed by atoms with Gasteiger partial charge in [0.15, 0.2) is 5.96 Å². The van der Waals surface area contributed by atoms with Gasteiger partial charge in [-0.2, -0.15) is 0 Å². The number of morpholine rings is 1. The largest absolute Gasteiger partial charge is 0.496 e. The van der Waals surface area contributed by atoms with Crippen LogP contribution in [0.15, 0.2) is 28.7 Å². The van der Waals surface area contributed by atoms with Crippen molar-refractivity contribution in [2.75, 3.05) is 47.0 Å². The molecular weight excluding hydrogens is 513 g/mol. The lowest BCUT2D eigenvalue weighted by molar-refractivity contribution is 0.0177. The van der Waals surface area contributed by atoms with Gasteiger partial charge in [-0.05, 0) is 25.3 Å². The van der Waals surface area contributed by atoms with E-state index in [1.165, 1.54) is 4.88 Å². The molecule has 9 heteroatoms. The van der Waals surface area contributed by atoms with Gasteiger partial charge >= 0.3 is 0 Å². The number of hydrogen-bond acceptors (Lipinski definition) is 6. The highest BCUT2D eigenvalue weighted by atomic mass is 127. The zero-order valence-corrected chi connectivity index (χ0v) is 21.3. The van der Waals surface area contributed by atoms with E-state index in [0.29, 0.717) is 12.6 Å². The molecule has 1 saturated heterocycles. The SMILES string of the molecule is CN=C(NCc1ncc(C)c(OC)c1C)NCC(c1cccs1)N1CCOCC1.I. The van der Waals surface area contributed by atoms with Crippen LogP contribution in [0.1, 0.15) is 27.7 Å². The molecule has 0 saturated carbocycles. The normalized spacial score (nSPS) is 15.9. The maximum Gasteiger partial charge on any atom is 0.191 e. The van der Waals surface area contributed by atoms with Crippen LogP contribution in [0.5, 0.6) is 5.75 Å². The van der Waals surface area contributed by atoms with Crippen LogP contribution in [0.3, 0.4) is 0 Å². The molecule has 2 aromatic heterocycles. The van der Waals surface area contributed by atoms with E-state index in [2.05, 4.69) is 43.0 Å². The molecule has 30 heavy (non-hydrogen) atoms. The summed E-state index contributed by atoms with van der Waals surface area (Å²) in [7, 11) is 3.49. The number of ether oxygens (including phenoxy) is 2. The van der Waals surface area contributed by atoms with E-state index in [1.807, 2.05) is 20.0 Å². The first-order valence-corrected chi connectivity index (χ1v) is 10.8. The number of nitrogens with zero attached hydrogens (tertiary/aromatic N) is 3. The van der Waals surface area contributed by atoms with Crippen LogP contribution < -0.4 is 15.4 Å². The Morgan fingerprint density at radius 3 is 2.73 bits per heavy atom. The molecule has 1 aliphatic rings. The highest BCUT2D eigenvalue weighted by Crippen LogP contribution is 2.26. The van der Waals surface area contributed by atoms with E-state index in [9.17, 15) is 0 Å². The number of aryl methyl sites for hydroxylation is 1. The quantitative estimate of drug-likeness (QED) is 0.317. The van der Waals surface area contributed by atoms with Gasteiger partial charge in [0.05, 0.1) is 38.6 Å². The fourth-order valence-corrected chi connectivity index (χ4v) is 4.47. The van der Waals surface area contributed by atoms with Crippen molar-refractivity contribution in [3.8, 4) is 5.75 Å². The molecule has 1 aliphatic heterocycles. The molecule has 1 atom stereocenters. The monoisotopic (exact) mass is 545 g/mol. The van der Waals surface area contributed by atoms with Crippen LogP contribution in [0.25, 0.3) is 0 Å². The fraction of sp³-hybridized carbons (Fsp3) is 0.524. The minimum absolute atomic E-state index is 0. The lowest BCUT2D eigenvalue weighted by atomic mass is 10.1. The molecule has 166 valence electrons. The summed E-state index contributed by atoms with van der Waals surface area (Å²) >= 11 is 1.79. The Morgan fingerprint density at radius 1 is 1.33 bits per heavy atom. The number of methoxy groups -OCH3 is 1. The summed E-state index contributed by atoms with van der Waals surface area (Å²) in [4.78, 5) is 12.8. The molecule has 1 fully saturated rings. The minimum atomic E-state index is 0. The van der Waals surface area contributed by atoms with Crippen molar-refractivity contribution in [2.24, 2.45) is 4.99 Å². The van der Waals surface area contributed by atoms with Gasteiger partial charge in [0.25, 0.3) is 0 Å². The van der Waals surface area contributed by atoms with Gasteiger partial charge in [0.2, 0.25) is 0 Å². The van der Waals surface area contributed by atoms with E-state index >= 15 is 0 Å². The van der Waals surface area contributed by atoms with Crippen LogP contribution in [-0.2, 0) is 11.3 Å². The van der Waals surface area contributed by atoms with Crippen molar-refractivity contribution in [3.05, 3.63) is 45.4 Å². The fourth-order valence-electron chi connectivity index (χ4n) is 3.61. The molecule has 0 aliphatic carbocycles. The summed E-state index contributed by atoms with van der Waals surface area (Å²) in [5.74, 6) is 1.66. The van der Waals surface area contributed by atoms with E-state index < -0.39 is 0 Å². The van der Waals surface area contributed by atoms with E-state index in [1.54, 1.807) is 25.5 Å². The smallest absolute Gasteiger partial charge is 0.191 e. The first-order valence-electron chi connectivity index (χ1n) is 9.92. The second-order valence-corrected chi connectivity index (χ2v) is 8.01. The molecule has 3 rings (SSSR count). The van der Waals surface area contributed by atoms with Gasteiger partial charge in [-0.25, -0.2) is 0 Å². The molecule has 0 spiro atoms. The molecule has 0 bridgehead atoms. The summed E-state index contributed by atoms with van der Waals surface area (Å²) < 4.78 is 11.0. The first-order chi connectivity index (χ1) is 14.1. The molecule has 2 aromatic rings. The van der Waals surface area contributed by atoms with Crippen molar-refractivity contribution in [1.82, 2.24) is 20.5 Å². The number of nitrogens with one attached hydrogen (secondary N) is 2. The molecule has 0 amide bonds. The molecule has 1 unspecified atom stereocenters. The third-order valence-corrected chi connectivity index (χ3v) is 6.19. The average Bonchev–Trinajstić information content (AvgIpc) is 3.27. The number of aliphatic imine (C=N–C) groups is 1. The van der Waals surface area contributed by atoms with Crippen LogP contribution in [0, 0.1) is 13.8 Å². The van der Waals surface area contributed by atoms with Crippen molar-refractivity contribution in [1.29, 1.82) is 0 Å². The Labute approximate surface area is 200 Å². The van der Waals surface area contributed by atoms with Gasteiger partial charge in [-0.3, -0.25) is 14.9 Å². The maximum absolute atomic E-state index is 5.53. The summed E-state index contributed by atoms with van der Waals surface area (Å²) in [5.41, 5.74) is 3.05. The molecule has 2 N–H and O–H groups in total. The van der Waals surface area contributed by atoms with Crippen molar-refractivity contribution >= 4 is 41.3 Å². The molecular formula is C21H32IN5O2S. The number of hydrogen-bond donors (Lipinski definition) is 2. The van der Waals surface area contributed by atoms with E-state index in [4.69, 9.17) is 9.47 Å². The van der Waals surface area contributed by atoms with Crippen LogP contribution in [0.4, 0.5) is 0 Å². The Bertz CT molecular complexity index is 810. The predicted molar refractivity (Wildman–Crippen MR) is 133 cm³/mol. The first kappa shape index (κ1) is 24.8. The number of thiophene rings is 1. The van der Waals surface area contributed by atoms with Crippen molar-refractivity contribution in [3.63, 3.8) is 0 Å². The zero-order chi connectivity index (χ0) is 20.6. The Kier molecular flexibility index (Phi) is 10.3. The third-order valence-electron chi connectivity index (χ3n) is 5.22. The number of pyridine rings is 1. The van der Waals surface area contributed by atoms with E-state index in [0.717, 1.165) is 61.4 Å². The van der Waals surface area contributed by atoms with Gasteiger partial charge in [-0.15, -0.1) is 35.3 Å². The highest BCUT2D eigenvalue weighted by molar-refractivity contribution is 14.0. The lowest BCUT2D eigenvalue weighted by Gasteiger charge is -2.34.